The molecule has 3 heteroatoms. The van der Waals surface area contributed by atoms with Crippen LogP contribution in [0.3, 0.4) is 0 Å². The van der Waals surface area contributed by atoms with Gasteiger partial charge < -0.3 is 10.4 Å². The molecule has 1 aliphatic carbocycles. The third-order valence-corrected chi connectivity index (χ3v) is 4.39. The van der Waals surface area contributed by atoms with Gasteiger partial charge in [-0.25, -0.2) is 0 Å². The Balaban J connectivity index is 2.48. The highest BCUT2D eigenvalue weighted by Crippen LogP contribution is 2.41. The number of rotatable bonds is 8. The van der Waals surface area contributed by atoms with Gasteiger partial charge in [0.15, 0.2) is 0 Å². The summed E-state index contributed by atoms with van der Waals surface area (Å²) >= 11 is 1.96. The first-order valence-electron chi connectivity index (χ1n) is 6.12. The topological polar surface area (TPSA) is 32.3 Å². The van der Waals surface area contributed by atoms with E-state index in [-0.39, 0.29) is 12.1 Å². The highest BCUT2D eigenvalue weighted by atomic mass is 32.2. The van der Waals surface area contributed by atoms with Gasteiger partial charge in [-0.15, -0.1) is 0 Å². The average molecular weight is 231 g/mol. The van der Waals surface area contributed by atoms with Crippen LogP contribution in [0.5, 0.6) is 0 Å². The summed E-state index contributed by atoms with van der Waals surface area (Å²) in [6, 6.07) is 0. The molecule has 0 aromatic carbocycles. The van der Waals surface area contributed by atoms with Crippen molar-refractivity contribution in [2.75, 3.05) is 18.9 Å². The lowest BCUT2D eigenvalue weighted by molar-refractivity contribution is 0.159. The summed E-state index contributed by atoms with van der Waals surface area (Å²) in [6.07, 6.45) is 3.71. The maximum Gasteiger partial charge on any atom is 0.0624 e. The largest absolute Gasteiger partial charge is 0.394 e. The molecule has 0 heterocycles. The number of aliphatic hydroxyl groups is 1. The second-order valence-electron chi connectivity index (χ2n) is 4.88. The number of hydrogen-bond acceptors (Lipinski definition) is 3. The second kappa shape index (κ2) is 6.12. The molecule has 0 amide bonds. The van der Waals surface area contributed by atoms with E-state index in [0.29, 0.717) is 11.2 Å². The predicted molar refractivity (Wildman–Crippen MR) is 68.4 cm³/mol. The van der Waals surface area contributed by atoms with Crippen LogP contribution in [-0.2, 0) is 0 Å². The van der Waals surface area contributed by atoms with Gasteiger partial charge in [-0.3, -0.25) is 0 Å². The third-order valence-electron chi connectivity index (χ3n) is 3.04. The summed E-state index contributed by atoms with van der Waals surface area (Å²) in [4.78, 5) is 0. The van der Waals surface area contributed by atoms with Gasteiger partial charge in [-0.1, -0.05) is 20.8 Å². The van der Waals surface area contributed by atoms with Gasteiger partial charge in [0, 0.05) is 5.75 Å². The maximum absolute atomic E-state index is 9.65. The van der Waals surface area contributed by atoms with Crippen molar-refractivity contribution in [3.8, 4) is 0 Å². The van der Waals surface area contributed by atoms with Crippen LogP contribution >= 0.6 is 11.8 Å². The van der Waals surface area contributed by atoms with Crippen LogP contribution in [0.25, 0.3) is 0 Å². The normalized spacial score (nSPS) is 20.6. The summed E-state index contributed by atoms with van der Waals surface area (Å²) in [6.45, 7) is 7.93. The molecule has 2 N–H and O–H groups in total. The monoisotopic (exact) mass is 231 g/mol. The van der Waals surface area contributed by atoms with Crippen LogP contribution < -0.4 is 5.32 Å². The molecular weight excluding hydrogens is 206 g/mol. The summed E-state index contributed by atoms with van der Waals surface area (Å²) in [7, 11) is 0. The van der Waals surface area contributed by atoms with E-state index in [1.165, 1.54) is 12.8 Å². The van der Waals surface area contributed by atoms with E-state index < -0.39 is 0 Å². The zero-order chi connectivity index (χ0) is 11.3. The van der Waals surface area contributed by atoms with Crippen molar-refractivity contribution >= 4 is 11.8 Å². The second-order valence-corrected chi connectivity index (χ2v) is 6.44. The number of thioether (sulfide) groups is 1. The molecule has 1 unspecified atom stereocenters. The molecule has 0 aliphatic heterocycles. The zero-order valence-corrected chi connectivity index (χ0v) is 11.1. The van der Waals surface area contributed by atoms with E-state index in [1.54, 1.807) is 0 Å². The highest BCUT2D eigenvalue weighted by Gasteiger charge is 2.44. The van der Waals surface area contributed by atoms with Crippen LogP contribution in [0.4, 0.5) is 0 Å². The zero-order valence-electron chi connectivity index (χ0n) is 10.3. The van der Waals surface area contributed by atoms with E-state index in [2.05, 4.69) is 26.1 Å². The van der Waals surface area contributed by atoms with E-state index >= 15 is 0 Å². The lowest BCUT2D eigenvalue weighted by Gasteiger charge is -2.34. The van der Waals surface area contributed by atoms with E-state index in [1.807, 2.05) is 11.8 Å². The third kappa shape index (κ3) is 3.97. The highest BCUT2D eigenvalue weighted by molar-refractivity contribution is 7.99. The average Bonchev–Trinajstić information content (AvgIpc) is 3.03. The summed E-state index contributed by atoms with van der Waals surface area (Å²) in [5, 5.41) is 13.9. The molecule has 1 rings (SSSR count). The summed E-state index contributed by atoms with van der Waals surface area (Å²) in [5.74, 6) is 1.76. The molecule has 1 atom stereocenters. The molecule has 1 saturated carbocycles. The smallest absolute Gasteiger partial charge is 0.0624 e. The standard InChI is InChI=1S/C12H25NOS/c1-4-7-13-12(8-14,11-5-6-11)9-15-10(2)3/h10-11,13-14H,4-9H2,1-3H3. The van der Waals surface area contributed by atoms with Crippen molar-refractivity contribution in [1.29, 1.82) is 0 Å². The molecule has 0 aromatic rings. The molecule has 0 spiro atoms. The lowest BCUT2D eigenvalue weighted by Crippen LogP contribution is -2.53. The number of nitrogens with one attached hydrogen (secondary N) is 1. The predicted octanol–water partition coefficient (Wildman–Crippen LogP) is 2.27. The van der Waals surface area contributed by atoms with Crippen molar-refractivity contribution < 1.29 is 5.11 Å². The van der Waals surface area contributed by atoms with Gasteiger partial charge in [-0.05, 0) is 37.0 Å². The molecular formula is C12H25NOS. The molecule has 0 bridgehead atoms. The van der Waals surface area contributed by atoms with Crippen molar-refractivity contribution in [1.82, 2.24) is 5.32 Å². The Kier molecular flexibility index (Phi) is 5.44. The Labute approximate surface area is 98.2 Å². The van der Waals surface area contributed by atoms with Crippen molar-refractivity contribution in [2.24, 2.45) is 5.92 Å². The number of aliphatic hydroxyl groups excluding tert-OH is 1. The number of hydrogen-bond donors (Lipinski definition) is 2. The molecule has 1 fully saturated rings. The minimum absolute atomic E-state index is 0.00491. The molecule has 0 radical (unpaired) electrons. The fraction of sp³-hybridized carbons (Fsp3) is 1.00. The Morgan fingerprint density at radius 2 is 2.13 bits per heavy atom. The Bertz CT molecular complexity index is 182. The molecule has 15 heavy (non-hydrogen) atoms. The first kappa shape index (κ1) is 13.3. The van der Waals surface area contributed by atoms with Crippen LogP contribution in [0.2, 0.25) is 0 Å². The fourth-order valence-corrected chi connectivity index (χ4v) is 2.93. The first-order valence-corrected chi connectivity index (χ1v) is 7.17. The fourth-order valence-electron chi connectivity index (χ4n) is 1.87. The van der Waals surface area contributed by atoms with Gasteiger partial charge in [0.1, 0.15) is 0 Å². The van der Waals surface area contributed by atoms with Gasteiger partial charge in [-0.2, -0.15) is 11.8 Å². The first-order chi connectivity index (χ1) is 7.14. The lowest BCUT2D eigenvalue weighted by atomic mass is 9.96. The maximum atomic E-state index is 9.65. The SMILES string of the molecule is CCCNC(CO)(CSC(C)C)C1CC1. The van der Waals surface area contributed by atoms with Crippen molar-refractivity contribution in [3.63, 3.8) is 0 Å². The van der Waals surface area contributed by atoms with E-state index in [9.17, 15) is 5.11 Å². The summed E-state index contributed by atoms with van der Waals surface area (Å²) in [5.41, 5.74) is 0.00491. The minimum atomic E-state index is 0.00491. The Morgan fingerprint density at radius 1 is 1.47 bits per heavy atom. The molecule has 0 aromatic heterocycles. The van der Waals surface area contributed by atoms with Gasteiger partial charge in [0.2, 0.25) is 0 Å². The van der Waals surface area contributed by atoms with Crippen LogP contribution in [-0.4, -0.2) is 34.8 Å². The molecule has 2 nitrogen and oxygen atoms in total. The van der Waals surface area contributed by atoms with Gasteiger partial charge in [0.05, 0.1) is 12.1 Å². The Hall–Kier alpha value is 0.270. The van der Waals surface area contributed by atoms with E-state index in [4.69, 9.17) is 0 Å². The minimum Gasteiger partial charge on any atom is -0.394 e. The van der Waals surface area contributed by atoms with Crippen molar-refractivity contribution in [3.05, 3.63) is 0 Å². The molecule has 1 aliphatic rings. The van der Waals surface area contributed by atoms with Crippen LogP contribution in [0.15, 0.2) is 0 Å². The Morgan fingerprint density at radius 3 is 2.53 bits per heavy atom. The van der Waals surface area contributed by atoms with Gasteiger partial charge >= 0.3 is 0 Å². The molecule has 0 saturated heterocycles. The van der Waals surface area contributed by atoms with Crippen LogP contribution in [0, 0.1) is 5.92 Å². The summed E-state index contributed by atoms with van der Waals surface area (Å²) < 4.78 is 0. The van der Waals surface area contributed by atoms with Crippen LogP contribution in [0.1, 0.15) is 40.0 Å². The van der Waals surface area contributed by atoms with Crippen molar-refractivity contribution in [2.45, 2.75) is 50.8 Å². The van der Waals surface area contributed by atoms with E-state index in [0.717, 1.165) is 18.7 Å². The quantitative estimate of drug-likeness (QED) is 0.672. The van der Waals surface area contributed by atoms with Gasteiger partial charge in [0.25, 0.3) is 0 Å². The molecule has 90 valence electrons.